The summed E-state index contributed by atoms with van der Waals surface area (Å²) < 4.78 is 22.1. The third kappa shape index (κ3) is 16.1. The number of nitrogens with zero attached hydrogens (tertiary/aromatic N) is 1. The summed E-state index contributed by atoms with van der Waals surface area (Å²) in [5, 5.41) is 0. The molecule has 286 valence electrons. The van der Waals surface area contributed by atoms with E-state index in [1.54, 1.807) is 0 Å². The number of carbonyl (C=O) groups is 3. The second kappa shape index (κ2) is 23.5. The molecule has 1 atom stereocenters. The van der Waals surface area contributed by atoms with Crippen LogP contribution in [0.15, 0.2) is 12.2 Å². The van der Waals surface area contributed by atoms with Gasteiger partial charge in [0.15, 0.2) is 0 Å². The number of unbranched alkanes of at least 4 members (excludes halogenated alkanes) is 11. The highest BCUT2D eigenvalue weighted by atomic mass is 16.7. The summed E-state index contributed by atoms with van der Waals surface area (Å²) >= 11 is 0. The van der Waals surface area contributed by atoms with Gasteiger partial charge in [-0.2, -0.15) is 0 Å². The number of esters is 2. The van der Waals surface area contributed by atoms with Gasteiger partial charge in [-0.05, 0) is 126 Å². The van der Waals surface area contributed by atoms with Gasteiger partial charge in [-0.1, -0.05) is 70.4 Å². The molecule has 4 saturated carbocycles. The minimum absolute atomic E-state index is 0.0176. The van der Waals surface area contributed by atoms with Gasteiger partial charge in [0.1, 0.15) is 19.8 Å². The molecule has 0 aromatic heterocycles. The first-order chi connectivity index (χ1) is 24.4. The van der Waals surface area contributed by atoms with Crippen LogP contribution in [-0.4, -0.2) is 69.1 Å². The Hall–Kier alpha value is -2.09. The van der Waals surface area contributed by atoms with Gasteiger partial charge in [0.25, 0.3) is 0 Å². The van der Waals surface area contributed by atoms with E-state index in [9.17, 15) is 14.4 Å². The summed E-state index contributed by atoms with van der Waals surface area (Å²) in [5.41, 5.74) is 0.104. The predicted molar refractivity (Wildman–Crippen MR) is 198 cm³/mol. The molecule has 1 aliphatic heterocycles. The number of ether oxygens (including phenoxy) is 4. The zero-order valence-corrected chi connectivity index (χ0v) is 31.7. The molecule has 4 bridgehead atoms. The number of rotatable bonds is 27. The van der Waals surface area contributed by atoms with Gasteiger partial charge >= 0.3 is 18.1 Å². The van der Waals surface area contributed by atoms with E-state index in [4.69, 9.17) is 18.9 Å². The van der Waals surface area contributed by atoms with Crippen molar-refractivity contribution in [2.75, 3.05) is 46.1 Å². The first-order valence-electron chi connectivity index (χ1n) is 20.9. The number of likely N-dealkylation sites (tertiary alicyclic amines) is 1. The van der Waals surface area contributed by atoms with Crippen molar-refractivity contribution in [3.05, 3.63) is 12.2 Å². The van der Waals surface area contributed by atoms with Crippen LogP contribution < -0.4 is 0 Å². The summed E-state index contributed by atoms with van der Waals surface area (Å²) in [5.74, 6) is 1.47. The topological polar surface area (TPSA) is 91.4 Å². The van der Waals surface area contributed by atoms with E-state index in [0.29, 0.717) is 19.4 Å². The molecule has 0 aromatic rings. The molecular formula is C42H71NO7. The van der Waals surface area contributed by atoms with Gasteiger partial charge in [0, 0.05) is 13.0 Å². The summed E-state index contributed by atoms with van der Waals surface area (Å²) in [6.45, 7) is 5.82. The first-order valence-corrected chi connectivity index (χ1v) is 20.9. The predicted octanol–water partition coefficient (Wildman–Crippen LogP) is 9.97. The Morgan fingerprint density at radius 3 is 1.82 bits per heavy atom. The van der Waals surface area contributed by atoms with Gasteiger partial charge in [-0.25, -0.2) is 4.79 Å². The Labute approximate surface area is 304 Å². The summed E-state index contributed by atoms with van der Waals surface area (Å²) in [6.07, 6.45) is 31.2. The molecule has 0 aromatic carbocycles. The minimum atomic E-state index is -0.726. The zero-order valence-electron chi connectivity index (χ0n) is 31.7. The first kappa shape index (κ1) is 40.7. The van der Waals surface area contributed by atoms with Gasteiger partial charge in [-0.15, -0.1) is 0 Å². The molecule has 50 heavy (non-hydrogen) atoms. The Bertz CT molecular complexity index is 971. The molecule has 5 fully saturated rings. The van der Waals surface area contributed by atoms with Crippen molar-refractivity contribution < 1.29 is 33.3 Å². The number of hydrogen-bond acceptors (Lipinski definition) is 8. The molecule has 0 amide bonds. The smallest absolute Gasteiger partial charge is 0.465 e. The molecule has 0 radical (unpaired) electrons. The SMILES string of the molecule is CCCCCCCC/C=C/CCCCCCCC(=O)OCC(COC(=O)CC12C[C@H]3C[C@@H](C1)C[C@@H](C2)C3)COC(=O)OCCCN1CCCC1. The Morgan fingerprint density at radius 1 is 0.660 bits per heavy atom. The molecule has 1 saturated heterocycles. The van der Waals surface area contributed by atoms with E-state index in [1.165, 1.54) is 89.9 Å². The highest BCUT2D eigenvalue weighted by Crippen LogP contribution is 2.61. The summed E-state index contributed by atoms with van der Waals surface area (Å²) in [6, 6.07) is 0. The van der Waals surface area contributed by atoms with E-state index in [0.717, 1.165) is 88.8 Å². The molecule has 1 unspecified atom stereocenters. The molecule has 1 heterocycles. The standard InChI is InChI=1S/C42H71NO7/c1-2-3-4-5-6-7-8-9-10-11-12-13-14-15-16-20-39(44)48-32-38(34-50-41(46)47-24-19-23-43-21-17-18-22-43)33-49-40(45)31-42-28-35-25-36(29-42)27-37(26-35)30-42/h9-10,35-38H,2-8,11-34H2,1H3/b10-9+/t35-,36+,37-,38?,42?. The Morgan fingerprint density at radius 2 is 1.20 bits per heavy atom. The second-order valence-corrected chi connectivity index (χ2v) is 16.5. The van der Waals surface area contributed by atoms with E-state index in [2.05, 4.69) is 24.0 Å². The number of allylic oxidation sites excluding steroid dienone is 2. The highest BCUT2D eigenvalue weighted by molar-refractivity contribution is 5.70. The fourth-order valence-corrected chi connectivity index (χ4v) is 9.52. The van der Waals surface area contributed by atoms with Crippen molar-refractivity contribution >= 4 is 18.1 Å². The lowest BCUT2D eigenvalue weighted by atomic mass is 9.49. The van der Waals surface area contributed by atoms with Crippen LogP contribution >= 0.6 is 0 Å². The maximum Gasteiger partial charge on any atom is 0.508 e. The average molecular weight is 702 g/mol. The van der Waals surface area contributed by atoms with Crippen LogP contribution in [0.25, 0.3) is 0 Å². The fraction of sp³-hybridized carbons (Fsp3) is 0.881. The van der Waals surface area contributed by atoms with Crippen molar-refractivity contribution in [3.8, 4) is 0 Å². The maximum atomic E-state index is 13.1. The van der Waals surface area contributed by atoms with Crippen LogP contribution in [0.5, 0.6) is 0 Å². The van der Waals surface area contributed by atoms with Gasteiger partial charge in [0.2, 0.25) is 0 Å². The average Bonchev–Trinajstić information content (AvgIpc) is 3.61. The molecule has 0 spiro atoms. The molecule has 5 aliphatic rings. The Kier molecular flexibility index (Phi) is 19.1. The van der Waals surface area contributed by atoms with Crippen molar-refractivity contribution in [2.24, 2.45) is 29.1 Å². The second-order valence-electron chi connectivity index (χ2n) is 16.5. The van der Waals surface area contributed by atoms with Crippen LogP contribution in [0, 0.1) is 29.1 Å². The van der Waals surface area contributed by atoms with Crippen LogP contribution in [0.4, 0.5) is 4.79 Å². The highest BCUT2D eigenvalue weighted by Gasteiger charge is 2.51. The molecule has 8 nitrogen and oxygen atoms in total. The Balaban J connectivity index is 1.08. The van der Waals surface area contributed by atoms with E-state index in [-0.39, 0.29) is 37.2 Å². The van der Waals surface area contributed by atoms with Gasteiger partial charge < -0.3 is 23.8 Å². The maximum absolute atomic E-state index is 13.1. The van der Waals surface area contributed by atoms with Crippen LogP contribution in [0.3, 0.4) is 0 Å². The van der Waals surface area contributed by atoms with E-state index < -0.39 is 12.1 Å². The lowest BCUT2D eigenvalue weighted by Crippen LogP contribution is -2.47. The van der Waals surface area contributed by atoms with Crippen LogP contribution in [0.2, 0.25) is 0 Å². The lowest BCUT2D eigenvalue weighted by molar-refractivity contribution is -0.155. The molecule has 4 aliphatic carbocycles. The van der Waals surface area contributed by atoms with Gasteiger partial charge in [-0.3, -0.25) is 9.59 Å². The van der Waals surface area contributed by atoms with Crippen molar-refractivity contribution in [1.29, 1.82) is 0 Å². The fourth-order valence-electron chi connectivity index (χ4n) is 9.52. The van der Waals surface area contributed by atoms with Crippen molar-refractivity contribution in [2.45, 2.75) is 161 Å². The van der Waals surface area contributed by atoms with Crippen molar-refractivity contribution in [3.63, 3.8) is 0 Å². The minimum Gasteiger partial charge on any atom is -0.465 e. The quantitative estimate of drug-likeness (QED) is 0.0362. The zero-order chi connectivity index (χ0) is 35.3. The largest absolute Gasteiger partial charge is 0.508 e. The normalized spacial score (nSPS) is 24.9. The number of carbonyl (C=O) groups excluding carboxylic acids is 3. The van der Waals surface area contributed by atoms with E-state index >= 15 is 0 Å². The van der Waals surface area contributed by atoms with Gasteiger partial charge in [0.05, 0.1) is 18.9 Å². The third-order valence-electron chi connectivity index (χ3n) is 11.8. The monoisotopic (exact) mass is 702 g/mol. The molecule has 8 heteroatoms. The van der Waals surface area contributed by atoms with E-state index in [1.807, 2.05) is 0 Å². The van der Waals surface area contributed by atoms with Crippen LogP contribution in [0.1, 0.15) is 161 Å². The summed E-state index contributed by atoms with van der Waals surface area (Å²) in [7, 11) is 0. The molecular weight excluding hydrogens is 630 g/mol. The number of hydrogen-bond donors (Lipinski definition) is 0. The lowest BCUT2D eigenvalue weighted by Gasteiger charge is -2.56. The summed E-state index contributed by atoms with van der Waals surface area (Å²) in [4.78, 5) is 40.4. The van der Waals surface area contributed by atoms with Crippen molar-refractivity contribution in [1.82, 2.24) is 4.90 Å². The molecule has 5 rings (SSSR count). The molecule has 0 N–H and O–H groups in total. The third-order valence-corrected chi connectivity index (χ3v) is 11.8. The van der Waals surface area contributed by atoms with Crippen LogP contribution in [-0.2, 0) is 28.5 Å².